The first-order valence-electron chi connectivity index (χ1n) is 12.0. The maximum atomic E-state index is 12.8. The number of nitrogens with two attached hydrogens (primary N) is 1. The van der Waals surface area contributed by atoms with Gasteiger partial charge in [0.2, 0.25) is 0 Å². The molecule has 0 saturated carbocycles. The lowest BCUT2D eigenvalue weighted by Crippen LogP contribution is -2.20. The Bertz CT molecular complexity index is 1220. The summed E-state index contributed by atoms with van der Waals surface area (Å²) in [6, 6.07) is 13.2. The second-order valence-electron chi connectivity index (χ2n) is 9.25. The minimum Gasteiger partial charge on any atom is -0.494 e. The highest BCUT2D eigenvalue weighted by Gasteiger charge is 2.30. The Balaban J connectivity index is 1.70. The van der Waals surface area contributed by atoms with Crippen LogP contribution >= 0.6 is 0 Å². The number of ketones is 1. The van der Waals surface area contributed by atoms with Crippen LogP contribution in [-0.4, -0.2) is 22.9 Å². The summed E-state index contributed by atoms with van der Waals surface area (Å²) in [7, 11) is 0. The second kappa shape index (κ2) is 9.75. The molecule has 0 aliphatic heterocycles. The van der Waals surface area contributed by atoms with Gasteiger partial charge in [0.15, 0.2) is 5.78 Å². The average Bonchev–Trinajstić information content (AvgIpc) is 3.04. The fourth-order valence-electron chi connectivity index (χ4n) is 4.73. The first kappa shape index (κ1) is 23.6. The Labute approximate surface area is 201 Å². The van der Waals surface area contributed by atoms with Gasteiger partial charge < -0.3 is 20.4 Å². The maximum absolute atomic E-state index is 12.8. The lowest BCUT2D eigenvalue weighted by atomic mass is 9.86. The quantitative estimate of drug-likeness (QED) is 0.412. The summed E-state index contributed by atoms with van der Waals surface area (Å²) in [4.78, 5) is 24.9. The van der Waals surface area contributed by atoms with Crippen LogP contribution in [0.15, 0.2) is 42.5 Å². The van der Waals surface area contributed by atoms with Crippen molar-refractivity contribution >= 4 is 23.1 Å². The first-order valence-corrected chi connectivity index (χ1v) is 12.0. The highest BCUT2D eigenvalue weighted by molar-refractivity contribution is 6.01. The van der Waals surface area contributed by atoms with E-state index in [1.54, 1.807) is 6.07 Å². The molecular formula is C28H33N3O3. The van der Waals surface area contributed by atoms with E-state index in [1.807, 2.05) is 50.2 Å². The van der Waals surface area contributed by atoms with E-state index in [9.17, 15) is 9.59 Å². The minimum atomic E-state index is -0.500. The molecule has 1 amide bonds. The van der Waals surface area contributed by atoms with Gasteiger partial charge in [0.05, 0.1) is 17.9 Å². The van der Waals surface area contributed by atoms with Crippen LogP contribution in [0, 0.1) is 19.8 Å². The number of fused-ring (bicyclic) bond motifs is 1. The van der Waals surface area contributed by atoms with Crippen LogP contribution in [0.2, 0.25) is 0 Å². The second-order valence-corrected chi connectivity index (χ2v) is 9.25. The van der Waals surface area contributed by atoms with Gasteiger partial charge in [0, 0.05) is 34.7 Å². The van der Waals surface area contributed by atoms with E-state index in [-0.39, 0.29) is 5.78 Å². The minimum absolute atomic E-state index is 0.210. The monoisotopic (exact) mass is 459 g/mol. The zero-order valence-corrected chi connectivity index (χ0v) is 20.4. The van der Waals surface area contributed by atoms with Crippen molar-refractivity contribution < 1.29 is 14.3 Å². The number of hydrogen-bond acceptors (Lipinski definition) is 4. The van der Waals surface area contributed by atoms with Gasteiger partial charge in [-0.2, -0.15) is 0 Å². The molecule has 2 aromatic carbocycles. The maximum Gasteiger partial charge on any atom is 0.250 e. The number of rotatable bonds is 8. The number of primary amides is 1. The van der Waals surface area contributed by atoms with E-state index < -0.39 is 5.91 Å². The third-order valence-corrected chi connectivity index (χ3v) is 6.59. The van der Waals surface area contributed by atoms with E-state index in [0.29, 0.717) is 30.2 Å². The molecule has 0 bridgehead atoms. The molecule has 6 heteroatoms. The standard InChI is InChI=1S/C28H33N3O3/c1-5-6-13-34-22-10-7-20(8-11-22)30-24-16-21(9-12-23(24)28(29)33)31-19(4)18(3)27-25(31)14-17(2)15-26(27)32/h7-12,16-17,30H,5-6,13-15H2,1-4H3,(H2,29,33). The topological polar surface area (TPSA) is 86.3 Å². The van der Waals surface area contributed by atoms with Gasteiger partial charge in [-0.15, -0.1) is 0 Å². The molecule has 0 spiro atoms. The van der Waals surface area contributed by atoms with E-state index >= 15 is 0 Å². The van der Waals surface area contributed by atoms with Gasteiger partial charge in [-0.05, 0) is 80.6 Å². The van der Waals surface area contributed by atoms with E-state index in [4.69, 9.17) is 10.5 Å². The number of anilines is 2. The van der Waals surface area contributed by atoms with Crippen molar-refractivity contribution in [2.75, 3.05) is 11.9 Å². The number of nitrogens with zero attached hydrogens (tertiary/aromatic N) is 1. The first-order chi connectivity index (χ1) is 16.3. The number of Topliss-reactive ketones (excluding diaryl/α,β-unsaturated/α-hetero) is 1. The molecule has 1 atom stereocenters. The van der Waals surface area contributed by atoms with Gasteiger partial charge in [-0.25, -0.2) is 0 Å². The number of benzene rings is 2. The SMILES string of the molecule is CCCCOc1ccc(Nc2cc(-n3c(C)c(C)c4c3CC(C)CC4=O)ccc2C(N)=O)cc1. The number of amides is 1. The highest BCUT2D eigenvalue weighted by atomic mass is 16.5. The number of carbonyl (C=O) groups excluding carboxylic acids is 2. The molecule has 3 aromatic rings. The van der Waals surface area contributed by atoms with Gasteiger partial charge in [0.1, 0.15) is 5.75 Å². The fraction of sp³-hybridized carbons (Fsp3) is 0.357. The van der Waals surface area contributed by atoms with Gasteiger partial charge >= 0.3 is 0 Å². The van der Waals surface area contributed by atoms with E-state index in [1.165, 1.54) is 0 Å². The Morgan fingerprint density at radius 3 is 2.56 bits per heavy atom. The van der Waals surface area contributed by atoms with Crippen molar-refractivity contribution in [1.29, 1.82) is 0 Å². The van der Waals surface area contributed by atoms with Crippen LogP contribution in [0.5, 0.6) is 5.75 Å². The Morgan fingerprint density at radius 1 is 1.15 bits per heavy atom. The Kier molecular flexibility index (Phi) is 6.77. The number of ether oxygens (including phenoxy) is 1. The summed E-state index contributed by atoms with van der Waals surface area (Å²) in [5.74, 6) is 0.820. The van der Waals surface area contributed by atoms with E-state index in [2.05, 4.69) is 23.7 Å². The van der Waals surface area contributed by atoms with Crippen molar-refractivity contribution in [3.63, 3.8) is 0 Å². The highest BCUT2D eigenvalue weighted by Crippen LogP contribution is 2.35. The molecule has 0 saturated heterocycles. The van der Waals surface area contributed by atoms with Crippen LogP contribution in [0.1, 0.15) is 70.8 Å². The third kappa shape index (κ3) is 4.58. The molecule has 1 aliphatic rings. The number of aromatic nitrogens is 1. The predicted octanol–water partition coefficient (Wildman–Crippen LogP) is 5.88. The largest absolute Gasteiger partial charge is 0.494 e. The molecule has 178 valence electrons. The summed E-state index contributed by atoms with van der Waals surface area (Å²) >= 11 is 0. The lowest BCUT2D eigenvalue weighted by molar-refractivity contribution is 0.0950. The molecule has 34 heavy (non-hydrogen) atoms. The summed E-state index contributed by atoms with van der Waals surface area (Å²) in [5.41, 5.74) is 12.4. The van der Waals surface area contributed by atoms with Gasteiger partial charge in [-0.3, -0.25) is 9.59 Å². The average molecular weight is 460 g/mol. The van der Waals surface area contributed by atoms with Gasteiger partial charge in [-0.1, -0.05) is 20.3 Å². The number of hydrogen-bond donors (Lipinski definition) is 2. The van der Waals surface area contributed by atoms with E-state index in [0.717, 1.165) is 58.9 Å². The Hall–Kier alpha value is -3.54. The molecule has 0 fully saturated rings. The van der Waals surface area contributed by atoms with Crippen LogP contribution < -0.4 is 15.8 Å². The van der Waals surface area contributed by atoms with Crippen molar-refractivity contribution in [3.05, 3.63) is 70.5 Å². The normalized spacial score (nSPS) is 15.2. The number of nitrogens with one attached hydrogen (secondary N) is 1. The summed E-state index contributed by atoms with van der Waals surface area (Å²) in [5, 5.41) is 3.35. The van der Waals surface area contributed by atoms with Crippen LogP contribution in [0.25, 0.3) is 5.69 Å². The van der Waals surface area contributed by atoms with Gasteiger partial charge in [0.25, 0.3) is 5.91 Å². The summed E-state index contributed by atoms with van der Waals surface area (Å²) < 4.78 is 7.90. The molecule has 0 radical (unpaired) electrons. The van der Waals surface area contributed by atoms with Crippen LogP contribution in [-0.2, 0) is 6.42 Å². The van der Waals surface area contributed by atoms with Crippen molar-refractivity contribution in [3.8, 4) is 11.4 Å². The molecular weight excluding hydrogens is 426 g/mol. The molecule has 1 heterocycles. The summed E-state index contributed by atoms with van der Waals surface area (Å²) in [6.45, 7) is 8.99. The molecule has 1 aliphatic carbocycles. The zero-order chi connectivity index (χ0) is 24.4. The fourth-order valence-corrected chi connectivity index (χ4v) is 4.73. The van der Waals surface area contributed by atoms with Crippen LogP contribution in [0.4, 0.5) is 11.4 Å². The molecule has 6 nitrogen and oxygen atoms in total. The molecule has 4 rings (SSSR count). The zero-order valence-electron chi connectivity index (χ0n) is 20.4. The number of carbonyl (C=O) groups is 2. The van der Waals surface area contributed by atoms with Crippen molar-refractivity contribution in [2.24, 2.45) is 11.7 Å². The third-order valence-electron chi connectivity index (χ3n) is 6.59. The molecule has 1 aromatic heterocycles. The number of unbranched alkanes of at least 4 members (excludes halogenated alkanes) is 1. The van der Waals surface area contributed by atoms with Crippen LogP contribution in [0.3, 0.4) is 0 Å². The molecule has 3 N–H and O–H groups in total. The lowest BCUT2D eigenvalue weighted by Gasteiger charge is -2.21. The molecule has 1 unspecified atom stereocenters. The summed E-state index contributed by atoms with van der Waals surface area (Å²) in [6.07, 6.45) is 3.53. The van der Waals surface area contributed by atoms with Crippen molar-refractivity contribution in [2.45, 2.75) is 53.4 Å². The predicted molar refractivity (Wildman–Crippen MR) is 136 cm³/mol. The Morgan fingerprint density at radius 2 is 1.88 bits per heavy atom. The van der Waals surface area contributed by atoms with Crippen molar-refractivity contribution in [1.82, 2.24) is 4.57 Å². The smallest absolute Gasteiger partial charge is 0.250 e.